The fraction of sp³-hybridized carbons (Fsp3) is 0.400. The second-order valence-electron chi connectivity index (χ2n) is 5.39. The molecule has 2 aromatic rings. The van der Waals surface area contributed by atoms with Crippen LogP contribution >= 0.6 is 0 Å². The van der Waals surface area contributed by atoms with Crippen LogP contribution < -0.4 is 4.72 Å². The highest BCUT2D eigenvalue weighted by Crippen LogP contribution is 2.20. The summed E-state index contributed by atoms with van der Waals surface area (Å²) in [5, 5.41) is 0.763. The summed E-state index contributed by atoms with van der Waals surface area (Å²) in [6, 6.07) is 6.79. The van der Waals surface area contributed by atoms with Gasteiger partial charge in [-0.1, -0.05) is 18.6 Å². The number of carbonyl (C=O) groups excluding carboxylic acids is 1. The van der Waals surface area contributed by atoms with Crippen LogP contribution in [0.1, 0.15) is 36.9 Å². The predicted molar refractivity (Wildman–Crippen MR) is 84.9 cm³/mol. The number of hydrogen-bond acceptors (Lipinski definition) is 4. The van der Waals surface area contributed by atoms with E-state index in [4.69, 9.17) is 4.42 Å². The molecule has 0 saturated carbocycles. The van der Waals surface area contributed by atoms with Crippen LogP contribution in [0.4, 0.5) is 0 Å². The molecule has 120 valence electrons. The second kappa shape index (κ2) is 6.10. The summed E-state index contributed by atoms with van der Waals surface area (Å²) in [6.07, 6.45) is 0. The molecule has 0 fully saturated rings. The van der Waals surface area contributed by atoms with E-state index in [1.54, 1.807) is 32.9 Å². The van der Waals surface area contributed by atoms with Crippen molar-refractivity contribution in [2.45, 2.75) is 33.7 Å². The Morgan fingerprint density at radius 3 is 2.59 bits per heavy atom. The van der Waals surface area contributed by atoms with Crippen molar-refractivity contribution in [1.82, 2.24) is 9.03 Å². The molecule has 0 bridgehead atoms. The Bertz CT molecular complexity index is 793. The van der Waals surface area contributed by atoms with Gasteiger partial charge >= 0.3 is 16.1 Å². The first-order valence-electron chi connectivity index (χ1n) is 7.08. The molecule has 0 aliphatic carbocycles. The van der Waals surface area contributed by atoms with E-state index < -0.39 is 16.1 Å². The molecule has 0 unspecified atom stereocenters. The summed E-state index contributed by atoms with van der Waals surface area (Å²) in [7, 11) is -3.89. The number of amides is 1. The van der Waals surface area contributed by atoms with Crippen molar-refractivity contribution >= 4 is 27.1 Å². The van der Waals surface area contributed by atoms with Crippen molar-refractivity contribution in [3.05, 3.63) is 35.6 Å². The van der Waals surface area contributed by atoms with E-state index >= 15 is 0 Å². The second-order valence-corrected chi connectivity index (χ2v) is 7.01. The number of rotatable bonds is 5. The Morgan fingerprint density at radius 2 is 2.00 bits per heavy atom. The monoisotopic (exact) mass is 324 g/mol. The van der Waals surface area contributed by atoms with Crippen molar-refractivity contribution in [3.8, 4) is 0 Å². The molecule has 6 nitrogen and oxygen atoms in total. The molecule has 0 saturated heterocycles. The van der Waals surface area contributed by atoms with Gasteiger partial charge in [0.2, 0.25) is 0 Å². The molecule has 1 aromatic carbocycles. The number of nitrogens with zero attached hydrogens (tertiary/aromatic N) is 1. The van der Waals surface area contributed by atoms with Crippen molar-refractivity contribution < 1.29 is 17.6 Å². The molecule has 1 aromatic heterocycles. The van der Waals surface area contributed by atoms with Gasteiger partial charge in [-0.15, -0.1) is 0 Å². The fourth-order valence-electron chi connectivity index (χ4n) is 2.31. The van der Waals surface area contributed by atoms with Crippen LogP contribution in [0.25, 0.3) is 11.0 Å². The molecule has 0 aliphatic rings. The number of aryl methyl sites for hydroxylation is 1. The lowest BCUT2D eigenvalue weighted by atomic mass is 10.2. The lowest BCUT2D eigenvalue weighted by molar-refractivity contribution is 0.0954. The molecule has 1 heterocycles. The number of nitrogens with one attached hydrogen (secondary N) is 1. The first-order valence-corrected chi connectivity index (χ1v) is 8.52. The predicted octanol–water partition coefficient (Wildman–Crippen LogP) is 2.45. The highest BCUT2D eigenvalue weighted by Gasteiger charge is 2.27. The number of furan rings is 1. The van der Waals surface area contributed by atoms with Gasteiger partial charge in [0, 0.05) is 18.0 Å². The summed E-state index contributed by atoms with van der Waals surface area (Å²) < 4.78 is 33.1. The molecule has 0 atom stereocenters. The number of carbonyl (C=O) groups is 1. The molecule has 7 heteroatoms. The van der Waals surface area contributed by atoms with Gasteiger partial charge < -0.3 is 4.42 Å². The Morgan fingerprint density at radius 1 is 1.32 bits per heavy atom. The molecule has 2 rings (SSSR count). The van der Waals surface area contributed by atoms with Gasteiger partial charge in [-0.2, -0.15) is 12.7 Å². The third-order valence-electron chi connectivity index (χ3n) is 3.31. The van der Waals surface area contributed by atoms with Crippen LogP contribution in [0, 0.1) is 6.92 Å². The summed E-state index contributed by atoms with van der Waals surface area (Å²) in [6.45, 7) is 7.42. The van der Waals surface area contributed by atoms with E-state index in [9.17, 15) is 13.2 Å². The third kappa shape index (κ3) is 3.31. The lowest BCUT2D eigenvalue weighted by Gasteiger charge is -2.23. The standard InChI is InChI=1S/C15H20N2O4S/c1-5-17(10(2)3)22(19,20)16-15(18)14-9-12-8-11(4)6-7-13(12)21-14/h6-10H,5H2,1-4H3,(H,16,18). The first kappa shape index (κ1) is 16.5. The van der Waals surface area contributed by atoms with E-state index in [1.807, 2.05) is 23.8 Å². The highest BCUT2D eigenvalue weighted by atomic mass is 32.2. The van der Waals surface area contributed by atoms with Crippen LogP contribution in [0.5, 0.6) is 0 Å². The van der Waals surface area contributed by atoms with E-state index in [1.165, 1.54) is 4.31 Å². The smallest absolute Gasteiger partial charge is 0.304 e. The molecule has 0 radical (unpaired) electrons. The van der Waals surface area contributed by atoms with E-state index in [0.29, 0.717) is 5.58 Å². The zero-order valence-electron chi connectivity index (χ0n) is 13.1. The van der Waals surface area contributed by atoms with Gasteiger partial charge in [0.1, 0.15) is 5.58 Å². The Balaban J connectivity index is 2.27. The van der Waals surface area contributed by atoms with Crippen molar-refractivity contribution in [2.75, 3.05) is 6.54 Å². The zero-order valence-corrected chi connectivity index (χ0v) is 13.9. The minimum Gasteiger partial charge on any atom is -0.451 e. The molecule has 1 N–H and O–H groups in total. The largest absolute Gasteiger partial charge is 0.451 e. The maximum atomic E-state index is 12.2. The van der Waals surface area contributed by atoms with Gasteiger partial charge in [0.25, 0.3) is 0 Å². The minimum atomic E-state index is -3.89. The SMILES string of the molecule is CCN(C(C)C)S(=O)(=O)NC(=O)c1cc2cc(C)ccc2o1. The summed E-state index contributed by atoms with van der Waals surface area (Å²) in [5.41, 5.74) is 1.58. The van der Waals surface area contributed by atoms with Crippen molar-refractivity contribution in [2.24, 2.45) is 0 Å². The molecule has 1 amide bonds. The van der Waals surface area contributed by atoms with Gasteiger partial charge in [-0.3, -0.25) is 4.79 Å². The van der Waals surface area contributed by atoms with Gasteiger partial charge in [-0.25, -0.2) is 4.72 Å². The summed E-state index contributed by atoms with van der Waals surface area (Å²) in [4.78, 5) is 12.1. The van der Waals surface area contributed by atoms with E-state index in [0.717, 1.165) is 10.9 Å². The zero-order chi connectivity index (χ0) is 16.5. The normalized spacial score (nSPS) is 12.3. The van der Waals surface area contributed by atoms with Crippen molar-refractivity contribution in [1.29, 1.82) is 0 Å². The summed E-state index contributed by atoms with van der Waals surface area (Å²) in [5.74, 6) is -0.795. The minimum absolute atomic E-state index is 0.0241. The average Bonchev–Trinajstić information content (AvgIpc) is 2.80. The maximum Gasteiger partial charge on any atom is 0.304 e. The summed E-state index contributed by atoms with van der Waals surface area (Å²) >= 11 is 0. The number of benzene rings is 1. The first-order chi connectivity index (χ1) is 10.2. The van der Waals surface area contributed by atoms with Crippen LogP contribution in [0.15, 0.2) is 28.7 Å². The Hall–Kier alpha value is -1.86. The lowest BCUT2D eigenvalue weighted by Crippen LogP contribution is -2.46. The van der Waals surface area contributed by atoms with Crippen LogP contribution in [0.2, 0.25) is 0 Å². The van der Waals surface area contributed by atoms with E-state index in [2.05, 4.69) is 0 Å². The molecule has 22 heavy (non-hydrogen) atoms. The van der Waals surface area contributed by atoms with E-state index in [-0.39, 0.29) is 18.3 Å². The quantitative estimate of drug-likeness (QED) is 0.916. The van der Waals surface area contributed by atoms with Crippen LogP contribution in [-0.4, -0.2) is 31.2 Å². The van der Waals surface area contributed by atoms with Gasteiger partial charge in [0.15, 0.2) is 5.76 Å². The molecular weight excluding hydrogens is 304 g/mol. The van der Waals surface area contributed by atoms with Crippen molar-refractivity contribution in [3.63, 3.8) is 0 Å². The molecule has 0 aliphatic heterocycles. The molecule has 0 spiro atoms. The van der Waals surface area contributed by atoms with Gasteiger partial charge in [-0.05, 0) is 39.0 Å². The third-order valence-corrected chi connectivity index (χ3v) is 5.05. The molecular formula is C15H20N2O4S. The topological polar surface area (TPSA) is 79.6 Å². The van der Waals surface area contributed by atoms with Crippen LogP contribution in [-0.2, 0) is 10.2 Å². The Kier molecular flexibility index (Phi) is 4.58. The Labute approximate surface area is 130 Å². The average molecular weight is 324 g/mol. The fourth-order valence-corrected chi connectivity index (χ4v) is 3.66. The number of hydrogen-bond donors (Lipinski definition) is 1. The van der Waals surface area contributed by atoms with Crippen LogP contribution in [0.3, 0.4) is 0 Å². The number of fused-ring (bicyclic) bond motifs is 1. The maximum absolute atomic E-state index is 12.2. The highest BCUT2D eigenvalue weighted by molar-refractivity contribution is 7.87. The van der Waals surface area contributed by atoms with Gasteiger partial charge in [0.05, 0.1) is 0 Å².